The number of rotatable bonds is 9. The number of nitrogens with zero attached hydrogens (tertiary/aromatic N) is 3. The van der Waals surface area contributed by atoms with E-state index in [-0.39, 0.29) is 31.0 Å². The summed E-state index contributed by atoms with van der Waals surface area (Å²) in [6.07, 6.45) is 2.45. The molecule has 10 nitrogen and oxygen atoms in total. The second-order valence-corrected chi connectivity index (χ2v) is 8.98. The van der Waals surface area contributed by atoms with Gasteiger partial charge in [0.25, 0.3) is 0 Å². The van der Waals surface area contributed by atoms with Crippen molar-refractivity contribution in [2.45, 2.75) is 13.0 Å². The highest BCUT2D eigenvalue weighted by Crippen LogP contribution is 2.18. The van der Waals surface area contributed by atoms with Crippen LogP contribution in [0.3, 0.4) is 0 Å². The van der Waals surface area contributed by atoms with Gasteiger partial charge in [-0.3, -0.25) is 9.89 Å². The minimum Gasteiger partial charge on any atom is -0.463 e. The summed E-state index contributed by atoms with van der Waals surface area (Å²) >= 11 is 6.89. The minimum atomic E-state index is -0.367. The van der Waals surface area contributed by atoms with Crippen molar-refractivity contribution in [2.24, 2.45) is 4.99 Å². The van der Waals surface area contributed by atoms with Crippen LogP contribution in [0.2, 0.25) is 5.02 Å². The molecule has 3 heterocycles. The number of amidine groups is 1. The highest BCUT2D eigenvalue weighted by molar-refractivity contribution is 7.11. The number of aliphatic hydroxyl groups is 1. The molecule has 0 saturated carbocycles. The van der Waals surface area contributed by atoms with Gasteiger partial charge in [-0.25, -0.2) is 14.2 Å². The second-order valence-electron chi connectivity index (χ2n) is 7.65. The lowest BCUT2D eigenvalue weighted by Gasteiger charge is -2.36. The standard InChI is InChI=1S/C18H24N4O5S.C6H4ClF.CH4O/c1-2-27-18(24)14-9-20-16(17-19-3-8-28-17)21-15(14)10-22-4-6-25-11-13(22)12-26-7-5-23;7-5-2-1-3-6(8)4-5;1-2/h3,5,8,13H,2,4,6-7,9-12H2,1H3,(H,20,21);1-4H;2H,1H3. The molecular formula is C25H32ClFN4O6S. The average molecular weight is 571 g/mol. The summed E-state index contributed by atoms with van der Waals surface area (Å²) in [7, 11) is 1.00. The smallest absolute Gasteiger partial charge is 0.337 e. The number of benzene rings is 1. The molecule has 2 aliphatic heterocycles. The fourth-order valence-corrected chi connectivity index (χ4v) is 4.26. The molecule has 0 amide bonds. The molecule has 13 heteroatoms. The Hall–Kier alpha value is -2.74. The normalized spacial score (nSPS) is 17.2. The molecule has 0 radical (unpaired) electrons. The lowest BCUT2D eigenvalue weighted by molar-refractivity contribution is -0.138. The monoisotopic (exact) mass is 570 g/mol. The van der Waals surface area contributed by atoms with Crippen LogP contribution < -0.4 is 5.32 Å². The molecule has 38 heavy (non-hydrogen) atoms. The molecule has 4 rings (SSSR count). The summed E-state index contributed by atoms with van der Waals surface area (Å²) in [6, 6.07) is 5.81. The number of thiazole rings is 1. The lowest BCUT2D eigenvalue weighted by Crippen LogP contribution is -2.50. The second kappa shape index (κ2) is 17.7. The van der Waals surface area contributed by atoms with Crippen molar-refractivity contribution >= 4 is 41.0 Å². The van der Waals surface area contributed by atoms with E-state index in [2.05, 4.69) is 20.2 Å². The number of morpholine rings is 1. The van der Waals surface area contributed by atoms with Crippen LogP contribution in [0, 0.1) is 5.82 Å². The molecule has 1 aromatic carbocycles. The van der Waals surface area contributed by atoms with Gasteiger partial charge in [0.05, 0.1) is 44.6 Å². The van der Waals surface area contributed by atoms with Gasteiger partial charge in [0, 0.05) is 42.5 Å². The van der Waals surface area contributed by atoms with Crippen molar-refractivity contribution in [1.29, 1.82) is 0 Å². The minimum absolute atomic E-state index is 0.00590. The number of aromatic nitrogens is 1. The number of esters is 1. The van der Waals surface area contributed by atoms with Gasteiger partial charge >= 0.3 is 5.97 Å². The first-order valence-electron chi connectivity index (χ1n) is 11.8. The fraction of sp³-hybridized carbons (Fsp3) is 0.440. The first-order chi connectivity index (χ1) is 18.5. The molecule has 1 atom stereocenters. The van der Waals surface area contributed by atoms with Gasteiger partial charge in [-0.2, -0.15) is 0 Å². The summed E-state index contributed by atoms with van der Waals surface area (Å²) in [5, 5.41) is 13.4. The van der Waals surface area contributed by atoms with Crippen molar-refractivity contribution < 1.29 is 33.3 Å². The third-order valence-electron chi connectivity index (χ3n) is 5.18. The zero-order valence-electron chi connectivity index (χ0n) is 21.3. The van der Waals surface area contributed by atoms with Crippen molar-refractivity contribution in [1.82, 2.24) is 15.2 Å². The van der Waals surface area contributed by atoms with Gasteiger partial charge in [-0.05, 0) is 25.1 Å². The number of hydrogen-bond acceptors (Lipinski definition) is 11. The molecule has 1 unspecified atom stereocenters. The highest BCUT2D eigenvalue weighted by atomic mass is 35.5. The third-order valence-corrected chi connectivity index (χ3v) is 6.19. The van der Waals surface area contributed by atoms with E-state index < -0.39 is 0 Å². The van der Waals surface area contributed by atoms with Gasteiger partial charge < -0.3 is 29.4 Å². The molecule has 0 aliphatic carbocycles. The number of ether oxygens (including phenoxy) is 3. The van der Waals surface area contributed by atoms with E-state index in [1.54, 1.807) is 25.3 Å². The Bertz CT molecular complexity index is 1050. The number of hydrogen-bond donors (Lipinski definition) is 2. The van der Waals surface area contributed by atoms with E-state index in [0.717, 1.165) is 24.1 Å². The predicted octanol–water partition coefficient (Wildman–Crippen LogP) is 2.31. The van der Waals surface area contributed by atoms with Gasteiger partial charge in [0.15, 0.2) is 10.8 Å². The van der Waals surface area contributed by atoms with Gasteiger partial charge in [0.1, 0.15) is 18.7 Å². The summed E-state index contributed by atoms with van der Waals surface area (Å²) in [5.74, 6) is -0.00786. The van der Waals surface area contributed by atoms with E-state index in [0.29, 0.717) is 55.9 Å². The zero-order chi connectivity index (χ0) is 27.8. The molecule has 0 bridgehead atoms. The van der Waals surface area contributed by atoms with Gasteiger partial charge in [-0.1, -0.05) is 17.7 Å². The van der Waals surface area contributed by atoms with Gasteiger partial charge in [0.2, 0.25) is 0 Å². The van der Waals surface area contributed by atoms with E-state index in [1.165, 1.54) is 23.5 Å². The van der Waals surface area contributed by atoms with Crippen LogP contribution in [-0.4, -0.2) is 98.9 Å². The molecule has 0 spiro atoms. The van der Waals surface area contributed by atoms with E-state index >= 15 is 0 Å². The van der Waals surface area contributed by atoms with Crippen LogP contribution in [0.5, 0.6) is 0 Å². The van der Waals surface area contributed by atoms with Crippen molar-refractivity contribution in [3.05, 3.63) is 63.0 Å². The molecule has 1 saturated heterocycles. The Kier molecular flexibility index (Phi) is 14.7. The SMILES string of the molecule is CCOC(=O)C1=C(CN2CCOCC2COCC=O)NC(c2nccs2)=NC1.CO.Fc1cccc(Cl)c1. The molecule has 1 fully saturated rings. The Morgan fingerprint density at radius 2 is 2.24 bits per heavy atom. The van der Waals surface area contributed by atoms with Crippen LogP contribution in [0.1, 0.15) is 11.9 Å². The number of nitrogens with one attached hydrogen (secondary N) is 1. The maximum Gasteiger partial charge on any atom is 0.337 e. The highest BCUT2D eigenvalue weighted by Gasteiger charge is 2.29. The molecule has 2 aliphatic rings. The maximum atomic E-state index is 12.4. The maximum absolute atomic E-state index is 12.4. The number of carbonyl (C=O) groups is 2. The van der Waals surface area contributed by atoms with Crippen LogP contribution in [0.4, 0.5) is 4.39 Å². The average Bonchev–Trinajstić information content (AvgIpc) is 3.47. The molecule has 1 aromatic heterocycles. The first-order valence-corrected chi connectivity index (χ1v) is 13.1. The Morgan fingerprint density at radius 1 is 1.42 bits per heavy atom. The number of carbonyl (C=O) groups excluding carboxylic acids is 2. The number of aliphatic hydroxyl groups excluding tert-OH is 1. The molecule has 2 N–H and O–H groups in total. The third kappa shape index (κ3) is 10.2. The molecule has 208 valence electrons. The van der Waals surface area contributed by atoms with Crippen molar-refractivity contribution in [2.75, 3.05) is 59.8 Å². The summed E-state index contributed by atoms with van der Waals surface area (Å²) < 4.78 is 28.2. The summed E-state index contributed by atoms with van der Waals surface area (Å²) in [5.41, 5.74) is 1.27. The van der Waals surface area contributed by atoms with E-state index in [9.17, 15) is 14.0 Å². The van der Waals surface area contributed by atoms with E-state index in [4.69, 9.17) is 30.9 Å². The quantitative estimate of drug-likeness (QED) is 0.266. The summed E-state index contributed by atoms with van der Waals surface area (Å²) in [4.78, 5) is 33.9. The van der Waals surface area contributed by atoms with Crippen molar-refractivity contribution in [3.63, 3.8) is 0 Å². The first kappa shape index (κ1) is 31.5. The fourth-order valence-electron chi connectivity index (χ4n) is 3.48. The Morgan fingerprint density at radius 3 is 2.87 bits per heavy atom. The molecule has 2 aromatic rings. The van der Waals surface area contributed by atoms with E-state index in [1.807, 2.05) is 5.38 Å². The van der Waals surface area contributed by atoms with Crippen LogP contribution in [0.15, 0.2) is 52.1 Å². The van der Waals surface area contributed by atoms with Crippen molar-refractivity contribution in [3.8, 4) is 0 Å². The number of aliphatic imine (C=N–C) groups is 1. The largest absolute Gasteiger partial charge is 0.463 e. The Labute approximate surface area is 230 Å². The zero-order valence-corrected chi connectivity index (χ0v) is 22.8. The topological polar surface area (TPSA) is 123 Å². The Balaban J connectivity index is 0.000000428. The molecular weight excluding hydrogens is 539 g/mol. The van der Waals surface area contributed by atoms with Crippen LogP contribution in [0.25, 0.3) is 0 Å². The van der Waals surface area contributed by atoms with Crippen LogP contribution >= 0.6 is 22.9 Å². The lowest BCUT2D eigenvalue weighted by atomic mass is 10.1. The van der Waals surface area contributed by atoms with Gasteiger partial charge in [-0.15, -0.1) is 11.3 Å². The predicted molar refractivity (Wildman–Crippen MR) is 143 cm³/mol. The van der Waals surface area contributed by atoms with Crippen LogP contribution in [-0.2, 0) is 23.8 Å². The number of halogens is 2. The number of aldehydes is 1. The summed E-state index contributed by atoms with van der Waals surface area (Å²) in [6.45, 7) is 5.06.